The molecule has 0 spiro atoms. The van der Waals surface area contributed by atoms with Crippen LogP contribution in [-0.2, 0) is 0 Å². The van der Waals surface area contributed by atoms with Gasteiger partial charge in [-0.3, -0.25) is 14.6 Å². The summed E-state index contributed by atoms with van der Waals surface area (Å²) in [6.07, 6.45) is 0. The number of nitriles is 1. The number of hydrogen-bond donors (Lipinski definition) is 3. The summed E-state index contributed by atoms with van der Waals surface area (Å²) in [4.78, 5) is 37.3. The summed E-state index contributed by atoms with van der Waals surface area (Å²) in [5.41, 5.74) is -2.50. The Balaban J connectivity index is 2.03. The summed E-state index contributed by atoms with van der Waals surface area (Å²) in [7, 11) is 0. The third-order valence-electron chi connectivity index (χ3n) is 3.98. The second-order valence-corrected chi connectivity index (χ2v) is 6.86. The first kappa shape index (κ1) is 21.3. The highest BCUT2D eigenvalue weighted by Gasteiger charge is 2.17. The average Bonchev–Trinajstić information content (AvgIpc) is 2.71. The van der Waals surface area contributed by atoms with Gasteiger partial charge in [0.25, 0.3) is 11.1 Å². The van der Waals surface area contributed by atoms with Crippen LogP contribution in [0.5, 0.6) is 11.6 Å². The van der Waals surface area contributed by atoms with E-state index in [0.29, 0.717) is 0 Å². The third kappa shape index (κ3) is 4.11. The van der Waals surface area contributed by atoms with Crippen LogP contribution < -0.4 is 21.5 Å². The van der Waals surface area contributed by atoms with Crippen LogP contribution in [0, 0.1) is 11.3 Å². The second-order valence-electron chi connectivity index (χ2n) is 6.05. The van der Waals surface area contributed by atoms with E-state index in [2.05, 4.69) is 15.3 Å². The lowest BCUT2D eigenvalue weighted by Gasteiger charge is -2.13. The zero-order chi connectivity index (χ0) is 22.0. The SMILES string of the molecule is CC(CO)c1cc(Oc2c(Cl)cc(-n3nc(C#N)c(=O)[nH]c3=O)cc2Cl)n[nH]c1=O. The predicted octanol–water partition coefficient (Wildman–Crippen LogP) is 1.07. The Bertz CT molecular complexity index is 1320. The molecule has 0 bridgehead atoms. The van der Waals surface area contributed by atoms with Crippen molar-refractivity contribution in [3.8, 4) is 23.4 Å². The van der Waals surface area contributed by atoms with Gasteiger partial charge in [-0.15, -0.1) is 10.2 Å². The zero-order valence-corrected chi connectivity index (χ0v) is 16.7. The van der Waals surface area contributed by atoms with Crippen molar-refractivity contribution < 1.29 is 9.84 Å². The van der Waals surface area contributed by atoms with Gasteiger partial charge in [-0.2, -0.15) is 9.94 Å². The van der Waals surface area contributed by atoms with Crippen molar-refractivity contribution in [1.82, 2.24) is 25.0 Å². The van der Waals surface area contributed by atoms with Gasteiger partial charge in [-0.1, -0.05) is 30.1 Å². The Morgan fingerprint density at radius 3 is 2.50 bits per heavy atom. The highest BCUT2D eigenvalue weighted by Crippen LogP contribution is 2.37. The summed E-state index contributed by atoms with van der Waals surface area (Å²) >= 11 is 12.4. The summed E-state index contributed by atoms with van der Waals surface area (Å²) in [5.74, 6) is -0.519. The van der Waals surface area contributed by atoms with E-state index in [1.54, 1.807) is 13.0 Å². The van der Waals surface area contributed by atoms with Crippen molar-refractivity contribution in [3.05, 3.63) is 70.7 Å². The first-order valence-corrected chi connectivity index (χ1v) is 9.02. The fourth-order valence-electron chi connectivity index (χ4n) is 2.44. The number of hydrogen-bond acceptors (Lipinski definition) is 8. The molecule has 0 aliphatic carbocycles. The van der Waals surface area contributed by atoms with Crippen LogP contribution in [0.15, 0.2) is 32.6 Å². The van der Waals surface area contributed by atoms with Crippen LogP contribution in [0.2, 0.25) is 10.0 Å². The molecule has 2 aromatic heterocycles. The molecule has 3 N–H and O–H groups in total. The van der Waals surface area contributed by atoms with Crippen molar-refractivity contribution in [3.63, 3.8) is 0 Å². The molecule has 0 saturated heterocycles. The Morgan fingerprint density at radius 2 is 1.90 bits per heavy atom. The molecule has 3 rings (SSSR count). The number of aromatic nitrogens is 5. The quantitative estimate of drug-likeness (QED) is 0.518. The smallest absolute Gasteiger partial charge is 0.349 e. The van der Waals surface area contributed by atoms with Crippen LogP contribution >= 0.6 is 23.2 Å². The summed E-state index contributed by atoms with van der Waals surface area (Å²) in [6.45, 7) is 1.39. The molecule has 1 unspecified atom stereocenters. The third-order valence-corrected chi connectivity index (χ3v) is 4.54. The van der Waals surface area contributed by atoms with Crippen molar-refractivity contribution >= 4 is 23.2 Å². The molecule has 0 aliphatic rings. The van der Waals surface area contributed by atoms with Gasteiger partial charge in [0, 0.05) is 24.2 Å². The number of aromatic amines is 2. The second kappa shape index (κ2) is 8.50. The molecular weight excluding hydrogens is 439 g/mol. The minimum Gasteiger partial charge on any atom is -0.434 e. The summed E-state index contributed by atoms with van der Waals surface area (Å²) in [6, 6.07) is 5.46. The number of rotatable bonds is 5. The molecule has 1 atom stereocenters. The first-order valence-electron chi connectivity index (χ1n) is 8.26. The lowest BCUT2D eigenvalue weighted by molar-refractivity contribution is 0.272. The molecule has 154 valence electrons. The maximum atomic E-state index is 12.0. The molecular formula is C17H12Cl2N6O5. The lowest BCUT2D eigenvalue weighted by Crippen LogP contribution is -2.33. The highest BCUT2D eigenvalue weighted by molar-refractivity contribution is 6.37. The molecule has 0 aliphatic heterocycles. The van der Waals surface area contributed by atoms with Crippen LogP contribution in [0.3, 0.4) is 0 Å². The van der Waals surface area contributed by atoms with Crippen molar-refractivity contribution in [1.29, 1.82) is 5.26 Å². The molecule has 1 aromatic carbocycles. The van der Waals surface area contributed by atoms with Gasteiger partial charge >= 0.3 is 5.69 Å². The van der Waals surface area contributed by atoms with Gasteiger partial charge < -0.3 is 9.84 Å². The molecule has 0 fully saturated rings. The number of halogens is 2. The Kier molecular flexibility index (Phi) is 6.02. The molecule has 30 heavy (non-hydrogen) atoms. The number of ether oxygens (including phenoxy) is 1. The van der Waals surface area contributed by atoms with E-state index in [1.165, 1.54) is 18.2 Å². The zero-order valence-electron chi connectivity index (χ0n) is 15.1. The maximum Gasteiger partial charge on any atom is 0.349 e. The van der Waals surface area contributed by atoms with E-state index in [9.17, 15) is 19.5 Å². The fraction of sp³-hybridized carbons (Fsp3) is 0.176. The van der Waals surface area contributed by atoms with Crippen molar-refractivity contribution in [2.75, 3.05) is 6.61 Å². The molecule has 2 heterocycles. The van der Waals surface area contributed by atoms with E-state index in [1.807, 2.05) is 4.98 Å². The maximum absolute atomic E-state index is 12.0. The molecule has 11 nitrogen and oxygen atoms in total. The minimum atomic E-state index is -0.923. The van der Waals surface area contributed by atoms with Gasteiger partial charge in [0.15, 0.2) is 5.75 Å². The largest absolute Gasteiger partial charge is 0.434 e. The molecule has 0 amide bonds. The monoisotopic (exact) mass is 450 g/mol. The number of H-pyrrole nitrogens is 2. The normalized spacial score (nSPS) is 11.7. The highest BCUT2D eigenvalue weighted by atomic mass is 35.5. The molecule has 13 heteroatoms. The number of aliphatic hydroxyl groups excluding tert-OH is 1. The Labute approximate surface area is 177 Å². The van der Waals surface area contributed by atoms with Crippen molar-refractivity contribution in [2.24, 2.45) is 0 Å². The fourth-order valence-corrected chi connectivity index (χ4v) is 2.99. The number of nitrogens with zero attached hydrogens (tertiary/aromatic N) is 4. The van der Waals surface area contributed by atoms with E-state index in [0.717, 1.165) is 4.68 Å². The Morgan fingerprint density at radius 1 is 1.23 bits per heavy atom. The van der Waals surface area contributed by atoms with E-state index >= 15 is 0 Å². The predicted molar refractivity (Wildman–Crippen MR) is 106 cm³/mol. The standard InChI is InChI=1S/C17H12Cl2N6O5/c1-7(6-26)9-4-13(22-23-15(9)27)30-14-10(18)2-8(3-11(14)19)25-17(29)21-16(28)12(5-20)24-25/h2-4,7,26H,6H2,1H3,(H,23,27)(H,21,28,29). The van der Waals surface area contributed by atoms with Gasteiger partial charge in [0.05, 0.1) is 15.7 Å². The van der Waals surface area contributed by atoms with Gasteiger partial charge in [-0.25, -0.2) is 9.89 Å². The number of benzene rings is 1. The minimum absolute atomic E-state index is 0.0257. The van der Waals surface area contributed by atoms with E-state index < -0.39 is 28.4 Å². The average molecular weight is 451 g/mol. The van der Waals surface area contributed by atoms with Crippen LogP contribution in [-0.4, -0.2) is 36.7 Å². The van der Waals surface area contributed by atoms with Crippen LogP contribution in [0.4, 0.5) is 0 Å². The van der Waals surface area contributed by atoms with Crippen molar-refractivity contribution in [2.45, 2.75) is 12.8 Å². The van der Waals surface area contributed by atoms with Crippen LogP contribution in [0.1, 0.15) is 24.1 Å². The molecule has 3 aromatic rings. The number of aliphatic hydroxyl groups is 1. The first-order chi connectivity index (χ1) is 14.2. The molecule has 0 saturated carbocycles. The lowest BCUT2D eigenvalue weighted by atomic mass is 10.1. The van der Waals surface area contributed by atoms with E-state index in [-0.39, 0.29) is 39.5 Å². The van der Waals surface area contributed by atoms with Gasteiger partial charge in [0.2, 0.25) is 11.6 Å². The summed E-state index contributed by atoms with van der Waals surface area (Å²) in [5, 5.41) is 27.8. The summed E-state index contributed by atoms with van der Waals surface area (Å²) < 4.78 is 6.32. The van der Waals surface area contributed by atoms with Gasteiger partial charge in [-0.05, 0) is 12.1 Å². The topological polar surface area (TPSA) is 167 Å². The van der Waals surface area contributed by atoms with E-state index in [4.69, 9.17) is 33.2 Å². The number of nitrogens with one attached hydrogen (secondary N) is 2. The van der Waals surface area contributed by atoms with Gasteiger partial charge in [0.1, 0.15) is 6.07 Å². The Hall–Kier alpha value is -3.46. The van der Waals surface area contributed by atoms with Crippen LogP contribution in [0.25, 0.3) is 5.69 Å². The molecule has 0 radical (unpaired) electrons.